The highest BCUT2D eigenvalue weighted by molar-refractivity contribution is 9.10. The first-order chi connectivity index (χ1) is 13.9. The van der Waals surface area contributed by atoms with Crippen molar-refractivity contribution in [1.29, 1.82) is 0 Å². The van der Waals surface area contributed by atoms with Gasteiger partial charge in [-0.05, 0) is 53.4 Å². The summed E-state index contributed by atoms with van der Waals surface area (Å²) in [5.41, 5.74) is 2.56. The highest BCUT2D eigenvalue weighted by Crippen LogP contribution is 2.46. The SMILES string of the molecule is COCCOC(=O)C1C(C)=NC2=C(C(=O)CCC2)[C@H]1c1cc(Br)c(O)c(OC)c1. The molecular weight excluding hydrogens is 442 g/mol. The lowest BCUT2D eigenvalue weighted by Gasteiger charge is -2.34. The summed E-state index contributed by atoms with van der Waals surface area (Å²) >= 11 is 3.34. The number of phenolic OH excluding ortho intramolecular Hbond substituents is 1. The Kier molecular flexibility index (Phi) is 6.74. The Morgan fingerprint density at radius 2 is 2.03 bits per heavy atom. The molecule has 1 aliphatic heterocycles. The Morgan fingerprint density at radius 1 is 1.28 bits per heavy atom. The number of halogens is 1. The highest BCUT2D eigenvalue weighted by atomic mass is 79.9. The molecule has 1 unspecified atom stereocenters. The normalized spacial score (nSPS) is 21.5. The van der Waals surface area contributed by atoms with Crippen LogP contribution in [-0.2, 0) is 19.1 Å². The second-order valence-electron chi connectivity index (χ2n) is 7.06. The van der Waals surface area contributed by atoms with Crippen LogP contribution in [0.1, 0.15) is 37.7 Å². The van der Waals surface area contributed by atoms with Gasteiger partial charge in [-0.25, -0.2) is 0 Å². The number of ketones is 1. The summed E-state index contributed by atoms with van der Waals surface area (Å²) in [5.74, 6) is -1.55. The molecule has 0 saturated heterocycles. The summed E-state index contributed by atoms with van der Waals surface area (Å²) in [6.07, 6.45) is 1.86. The molecule has 1 heterocycles. The van der Waals surface area contributed by atoms with Crippen molar-refractivity contribution in [2.75, 3.05) is 27.4 Å². The first kappa shape index (κ1) is 21.5. The molecule has 7 nitrogen and oxygen atoms in total. The molecule has 0 spiro atoms. The quantitative estimate of drug-likeness (QED) is 0.509. The predicted molar refractivity (Wildman–Crippen MR) is 110 cm³/mol. The maximum absolute atomic E-state index is 13.0. The molecule has 0 saturated carbocycles. The van der Waals surface area contributed by atoms with Crippen molar-refractivity contribution in [2.24, 2.45) is 10.9 Å². The fraction of sp³-hybridized carbons (Fsp3) is 0.476. The molecule has 0 fully saturated rings. The van der Waals surface area contributed by atoms with E-state index < -0.39 is 17.8 Å². The number of aromatic hydroxyl groups is 1. The minimum atomic E-state index is -0.742. The zero-order chi connectivity index (χ0) is 21.1. The number of nitrogens with zero attached hydrogens (tertiary/aromatic N) is 1. The second-order valence-corrected chi connectivity index (χ2v) is 7.91. The third-order valence-corrected chi connectivity index (χ3v) is 5.85. The zero-order valence-corrected chi connectivity index (χ0v) is 18.2. The molecule has 0 amide bonds. The smallest absolute Gasteiger partial charge is 0.315 e. The predicted octanol–water partition coefficient (Wildman–Crippen LogP) is 3.53. The van der Waals surface area contributed by atoms with Gasteiger partial charge in [0.2, 0.25) is 0 Å². The number of phenols is 1. The third-order valence-electron chi connectivity index (χ3n) is 5.25. The van der Waals surface area contributed by atoms with Crippen LogP contribution in [0.5, 0.6) is 11.5 Å². The van der Waals surface area contributed by atoms with Crippen LogP contribution in [0.3, 0.4) is 0 Å². The van der Waals surface area contributed by atoms with Crippen LogP contribution in [0.15, 0.2) is 32.9 Å². The molecule has 0 bridgehead atoms. The van der Waals surface area contributed by atoms with Gasteiger partial charge in [-0.3, -0.25) is 14.6 Å². The molecule has 1 aliphatic carbocycles. The monoisotopic (exact) mass is 465 g/mol. The van der Waals surface area contributed by atoms with Crippen molar-refractivity contribution in [2.45, 2.75) is 32.1 Å². The Balaban J connectivity index is 2.12. The summed E-state index contributed by atoms with van der Waals surface area (Å²) in [6, 6.07) is 3.37. The number of benzene rings is 1. The number of aliphatic imine (C=N–C) groups is 1. The van der Waals surface area contributed by atoms with Crippen LogP contribution in [0, 0.1) is 5.92 Å². The largest absolute Gasteiger partial charge is 0.503 e. The number of carbonyl (C=O) groups is 2. The Bertz CT molecular complexity index is 891. The molecule has 156 valence electrons. The number of hydrogen-bond donors (Lipinski definition) is 1. The van der Waals surface area contributed by atoms with E-state index in [1.165, 1.54) is 14.2 Å². The lowest BCUT2D eigenvalue weighted by Crippen LogP contribution is -2.37. The number of rotatable bonds is 6. The summed E-state index contributed by atoms with van der Waals surface area (Å²) in [5, 5.41) is 10.2. The number of esters is 1. The molecule has 1 aromatic rings. The van der Waals surface area contributed by atoms with E-state index in [-0.39, 0.29) is 30.5 Å². The maximum Gasteiger partial charge on any atom is 0.315 e. The summed E-state index contributed by atoms with van der Waals surface area (Å²) in [7, 11) is 2.98. The van der Waals surface area contributed by atoms with E-state index in [4.69, 9.17) is 14.2 Å². The maximum atomic E-state index is 13.0. The number of carbonyl (C=O) groups excluding carboxylic acids is 2. The van der Waals surface area contributed by atoms with Gasteiger partial charge < -0.3 is 19.3 Å². The number of allylic oxidation sites excluding steroid dienone is 2. The van der Waals surface area contributed by atoms with E-state index in [9.17, 15) is 14.7 Å². The molecule has 3 rings (SSSR count). The van der Waals surface area contributed by atoms with Crippen LogP contribution in [0.4, 0.5) is 0 Å². The van der Waals surface area contributed by atoms with E-state index in [0.29, 0.717) is 34.2 Å². The van der Waals surface area contributed by atoms with E-state index >= 15 is 0 Å². The van der Waals surface area contributed by atoms with Crippen LogP contribution in [0.25, 0.3) is 0 Å². The Labute approximate surface area is 177 Å². The van der Waals surface area contributed by atoms with E-state index in [1.54, 1.807) is 19.1 Å². The first-order valence-corrected chi connectivity index (χ1v) is 10.2. The number of Topliss-reactive ketones (excluding diaryl/α,β-unsaturated/α-hetero) is 1. The topological polar surface area (TPSA) is 94.4 Å². The molecule has 0 aromatic heterocycles. The second kappa shape index (κ2) is 9.09. The Morgan fingerprint density at radius 3 is 2.72 bits per heavy atom. The molecule has 29 heavy (non-hydrogen) atoms. The van der Waals surface area contributed by atoms with Gasteiger partial charge in [0.15, 0.2) is 17.3 Å². The van der Waals surface area contributed by atoms with Gasteiger partial charge >= 0.3 is 5.97 Å². The van der Waals surface area contributed by atoms with Crippen molar-refractivity contribution in [3.8, 4) is 11.5 Å². The van der Waals surface area contributed by atoms with Gasteiger partial charge in [0, 0.05) is 36.4 Å². The Hall–Kier alpha value is -2.19. The standard InChI is InChI=1S/C21H24BrNO6/c1-11-17(21(26)29-8-7-27-2)18(19-14(23-11)5-4-6-15(19)24)12-9-13(22)20(25)16(10-12)28-3/h9-10,17-18,25H,4-8H2,1-3H3/t17?,18-/m0/s1. The number of ether oxygens (including phenoxy) is 3. The third kappa shape index (κ3) is 4.23. The molecule has 1 N–H and O–H groups in total. The van der Waals surface area contributed by atoms with Gasteiger partial charge in [0.05, 0.1) is 18.2 Å². The highest BCUT2D eigenvalue weighted by Gasteiger charge is 2.43. The van der Waals surface area contributed by atoms with Gasteiger partial charge in [0.25, 0.3) is 0 Å². The van der Waals surface area contributed by atoms with Crippen molar-refractivity contribution < 1.29 is 28.9 Å². The van der Waals surface area contributed by atoms with Crippen molar-refractivity contribution >= 4 is 33.4 Å². The molecule has 2 aliphatic rings. The van der Waals surface area contributed by atoms with Gasteiger partial charge in [-0.1, -0.05) is 0 Å². The average molecular weight is 466 g/mol. The van der Waals surface area contributed by atoms with E-state index in [0.717, 1.165) is 12.1 Å². The van der Waals surface area contributed by atoms with Gasteiger partial charge in [-0.15, -0.1) is 0 Å². The minimum absolute atomic E-state index is 0.00893. The summed E-state index contributed by atoms with van der Waals surface area (Å²) in [6.45, 7) is 2.18. The van der Waals surface area contributed by atoms with Crippen molar-refractivity contribution in [3.05, 3.63) is 33.4 Å². The first-order valence-electron chi connectivity index (χ1n) is 9.42. The molecule has 2 atom stereocenters. The van der Waals surface area contributed by atoms with Crippen LogP contribution in [-0.4, -0.2) is 50.0 Å². The summed E-state index contributed by atoms with van der Waals surface area (Å²) in [4.78, 5) is 30.4. The lowest BCUT2D eigenvalue weighted by molar-refractivity contribution is -0.147. The van der Waals surface area contributed by atoms with Gasteiger partial charge in [-0.2, -0.15) is 0 Å². The number of hydrogen-bond acceptors (Lipinski definition) is 7. The molecular formula is C21H24BrNO6. The van der Waals surface area contributed by atoms with Crippen molar-refractivity contribution in [3.63, 3.8) is 0 Å². The summed E-state index contributed by atoms with van der Waals surface area (Å²) < 4.78 is 16.1. The minimum Gasteiger partial charge on any atom is -0.503 e. The van der Waals surface area contributed by atoms with Crippen LogP contribution in [0.2, 0.25) is 0 Å². The van der Waals surface area contributed by atoms with Crippen molar-refractivity contribution in [1.82, 2.24) is 0 Å². The van der Waals surface area contributed by atoms with Crippen LogP contribution >= 0.6 is 15.9 Å². The molecule has 8 heteroatoms. The van der Waals surface area contributed by atoms with E-state index in [1.807, 2.05) is 0 Å². The molecule has 0 radical (unpaired) electrons. The lowest BCUT2D eigenvalue weighted by atomic mass is 9.71. The van der Waals surface area contributed by atoms with Gasteiger partial charge in [0.1, 0.15) is 12.5 Å². The molecule has 1 aromatic carbocycles. The van der Waals surface area contributed by atoms with Crippen LogP contribution < -0.4 is 4.74 Å². The fourth-order valence-corrected chi connectivity index (χ4v) is 4.38. The number of methoxy groups -OCH3 is 2. The average Bonchev–Trinajstić information content (AvgIpc) is 2.69. The zero-order valence-electron chi connectivity index (χ0n) is 16.7. The van der Waals surface area contributed by atoms with E-state index in [2.05, 4.69) is 20.9 Å². The fourth-order valence-electron chi connectivity index (χ4n) is 3.92.